The minimum atomic E-state index is -4.00. The van der Waals surface area contributed by atoms with Gasteiger partial charge in [-0.05, 0) is 68.0 Å². The molecule has 0 atom stereocenters. The zero-order valence-electron chi connectivity index (χ0n) is 26.8. The predicted molar refractivity (Wildman–Crippen MR) is 171 cm³/mol. The maximum atomic E-state index is 13.9. The molecule has 0 fully saturated rings. The van der Waals surface area contributed by atoms with Crippen molar-refractivity contribution in [3.63, 3.8) is 0 Å². The first-order valence-electron chi connectivity index (χ1n) is 14.9. The van der Waals surface area contributed by atoms with E-state index < -0.39 is 40.1 Å². The maximum Gasteiger partial charge on any atom is 0.417 e. The summed E-state index contributed by atoms with van der Waals surface area (Å²) in [6.45, 7) is 10.3. The van der Waals surface area contributed by atoms with Gasteiger partial charge < -0.3 is 9.84 Å². The summed E-state index contributed by atoms with van der Waals surface area (Å²) in [6, 6.07) is 20.4. The third-order valence-corrected chi connectivity index (χ3v) is 8.95. The van der Waals surface area contributed by atoms with Gasteiger partial charge in [0.1, 0.15) is 17.8 Å². The Kier molecular flexibility index (Phi) is 11.6. The van der Waals surface area contributed by atoms with E-state index in [4.69, 9.17) is 4.74 Å². The molecule has 0 saturated heterocycles. The number of rotatable bonds is 13. The van der Waals surface area contributed by atoms with Gasteiger partial charge in [-0.3, -0.25) is 9.59 Å². The van der Waals surface area contributed by atoms with Crippen LogP contribution in [0.5, 0.6) is 0 Å². The van der Waals surface area contributed by atoms with E-state index in [1.807, 2.05) is 24.3 Å². The second-order valence-electron chi connectivity index (χ2n) is 12.6. The average molecular weight is 638 g/mol. The molecule has 0 aliphatic carbocycles. The third-order valence-electron chi connectivity index (χ3n) is 7.15. The van der Waals surface area contributed by atoms with Crippen LogP contribution in [0.15, 0.2) is 77.7 Å². The monoisotopic (exact) mass is 637 g/mol. The molecule has 0 spiro atoms. The standard InChI is InChI=1S/C34H43N3O7S/c1-7-8-21-34(5,6)26-19-17-25(18-20-26)22-36(45(42,43)28-14-10-9-11-15-28)23-27-13-12-16-29(35-27)31(40)37(24-30(38)39)32(41)44-33(2,3)4/h9-20H,7-8,21-24H2,1-6H3,(H,38,39). The van der Waals surface area contributed by atoms with Crippen LogP contribution in [-0.2, 0) is 38.1 Å². The summed E-state index contributed by atoms with van der Waals surface area (Å²) in [5.74, 6) is -2.39. The lowest BCUT2D eigenvalue weighted by Gasteiger charge is -2.26. The van der Waals surface area contributed by atoms with Gasteiger partial charge in [0.2, 0.25) is 10.0 Å². The van der Waals surface area contributed by atoms with Gasteiger partial charge >= 0.3 is 12.1 Å². The van der Waals surface area contributed by atoms with Gasteiger partial charge in [-0.2, -0.15) is 4.31 Å². The predicted octanol–water partition coefficient (Wildman–Crippen LogP) is 6.40. The van der Waals surface area contributed by atoms with E-state index in [1.165, 1.54) is 34.1 Å². The number of ether oxygens (including phenoxy) is 1. The van der Waals surface area contributed by atoms with E-state index in [2.05, 4.69) is 25.8 Å². The summed E-state index contributed by atoms with van der Waals surface area (Å²) in [5.41, 5.74) is 0.955. The Bertz CT molecular complexity index is 1580. The van der Waals surface area contributed by atoms with Crippen LogP contribution in [0.25, 0.3) is 0 Å². The van der Waals surface area contributed by atoms with Crippen LogP contribution in [0.1, 0.15) is 88.1 Å². The summed E-state index contributed by atoms with van der Waals surface area (Å²) in [4.78, 5) is 42.4. The quantitative estimate of drug-likeness (QED) is 0.228. The lowest BCUT2D eigenvalue weighted by atomic mass is 9.80. The maximum absolute atomic E-state index is 13.9. The molecule has 3 aromatic rings. The Morgan fingerprint density at radius 1 is 0.867 bits per heavy atom. The van der Waals surface area contributed by atoms with Gasteiger partial charge in [0.15, 0.2) is 0 Å². The zero-order valence-corrected chi connectivity index (χ0v) is 27.6. The third kappa shape index (κ3) is 9.95. The fraction of sp³-hybridized carbons (Fsp3) is 0.412. The number of amides is 2. The Balaban J connectivity index is 1.95. The minimum Gasteiger partial charge on any atom is -0.480 e. The largest absolute Gasteiger partial charge is 0.480 e. The summed E-state index contributed by atoms with van der Waals surface area (Å²) in [7, 11) is -4.00. The number of aromatic nitrogens is 1. The van der Waals surface area contributed by atoms with Gasteiger partial charge in [-0.25, -0.2) is 23.1 Å². The van der Waals surface area contributed by atoms with Crippen molar-refractivity contribution in [3.05, 3.63) is 95.3 Å². The summed E-state index contributed by atoms with van der Waals surface area (Å²) in [5, 5.41) is 9.34. The number of hydrogen-bond acceptors (Lipinski definition) is 7. The normalized spacial score (nSPS) is 12.2. The van der Waals surface area contributed by atoms with Gasteiger partial charge in [-0.1, -0.05) is 82.1 Å². The van der Waals surface area contributed by atoms with E-state index in [1.54, 1.807) is 45.0 Å². The number of hydrogen-bond donors (Lipinski definition) is 1. The van der Waals surface area contributed by atoms with E-state index in [0.717, 1.165) is 24.8 Å². The summed E-state index contributed by atoms with van der Waals surface area (Å²) < 4.78 is 34.2. The van der Waals surface area contributed by atoms with Crippen LogP contribution in [0.3, 0.4) is 0 Å². The van der Waals surface area contributed by atoms with Crippen molar-refractivity contribution in [1.82, 2.24) is 14.2 Å². The van der Waals surface area contributed by atoms with Crippen molar-refractivity contribution in [2.75, 3.05) is 6.54 Å². The number of carbonyl (C=O) groups is 3. The highest BCUT2D eigenvalue weighted by atomic mass is 32.2. The molecule has 10 nitrogen and oxygen atoms in total. The molecule has 2 amide bonds. The number of carboxylic acid groups (broad SMARTS) is 1. The second kappa shape index (κ2) is 14.8. The highest BCUT2D eigenvalue weighted by Crippen LogP contribution is 2.30. The lowest BCUT2D eigenvalue weighted by Crippen LogP contribution is -2.44. The van der Waals surface area contributed by atoms with Crippen LogP contribution in [0.2, 0.25) is 0 Å². The number of imide groups is 1. The van der Waals surface area contributed by atoms with Crippen molar-refractivity contribution in [3.8, 4) is 0 Å². The molecular weight excluding hydrogens is 594 g/mol. The second-order valence-corrected chi connectivity index (χ2v) is 14.5. The average Bonchev–Trinajstić information content (AvgIpc) is 2.98. The number of nitrogens with zero attached hydrogens (tertiary/aromatic N) is 3. The van der Waals surface area contributed by atoms with Crippen molar-refractivity contribution >= 4 is 28.0 Å². The minimum absolute atomic E-state index is 0.0188. The fourth-order valence-corrected chi connectivity index (χ4v) is 6.09. The molecule has 3 rings (SSSR count). The number of carbonyl (C=O) groups excluding carboxylic acids is 2. The fourth-order valence-electron chi connectivity index (χ4n) is 4.67. The number of sulfonamides is 1. The Labute approximate surface area is 266 Å². The SMILES string of the molecule is CCCCC(C)(C)c1ccc(CN(Cc2cccc(C(=O)N(CC(=O)O)C(=O)OC(C)(C)C)n2)S(=O)(=O)c2ccccc2)cc1. The first-order valence-corrected chi connectivity index (χ1v) is 16.3. The van der Waals surface area contributed by atoms with Gasteiger partial charge in [0.05, 0.1) is 17.1 Å². The van der Waals surface area contributed by atoms with E-state index in [-0.39, 0.29) is 34.8 Å². The molecule has 242 valence electrons. The molecule has 0 bridgehead atoms. The van der Waals surface area contributed by atoms with Crippen molar-refractivity contribution < 1.29 is 32.6 Å². The van der Waals surface area contributed by atoms with Crippen LogP contribution in [-0.4, -0.2) is 57.8 Å². The Morgan fingerprint density at radius 2 is 1.51 bits per heavy atom. The zero-order chi connectivity index (χ0) is 33.4. The van der Waals surface area contributed by atoms with Gasteiger partial charge in [-0.15, -0.1) is 0 Å². The van der Waals surface area contributed by atoms with Gasteiger partial charge in [0, 0.05) is 6.54 Å². The van der Waals surface area contributed by atoms with Crippen LogP contribution in [0, 0.1) is 0 Å². The molecule has 0 aliphatic rings. The van der Waals surface area contributed by atoms with Crippen molar-refractivity contribution in [1.29, 1.82) is 0 Å². The molecule has 1 N–H and O–H groups in total. The van der Waals surface area contributed by atoms with Crippen molar-refractivity contribution in [2.24, 2.45) is 0 Å². The number of benzene rings is 2. The van der Waals surface area contributed by atoms with Crippen LogP contribution in [0.4, 0.5) is 4.79 Å². The molecule has 1 aromatic heterocycles. The van der Waals surface area contributed by atoms with E-state index in [9.17, 15) is 27.9 Å². The number of pyridine rings is 1. The molecule has 0 saturated carbocycles. The van der Waals surface area contributed by atoms with Gasteiger partial charge in [0.25, 0.3) is 5.91 Å². The molecule has 11 heteroatoms. The first kappa shape index (κ1) is 35.4. The van der Waals surface area contributed by atoms with E-state index in [0.29, 0.717) is 4.90 Å². The Hall–Kier alpha value is -4.09. The Morgan fingerprint density at radius 3 is 2.09 bits per heavy atom. The number of aliphatic carboxylic acids is 1. The van der Waals surface area contributed by atoms with E-state index >= 15 is 0 Å². The molecular formula is C34H43N3O7S. The molecule has 45 heavy (non-hydrogen) atoms. The molecule has 1 heterocycles. The lowest BCUT2D eigenvalue weighted by molar-refractivity contribution is -0.137. The summed E-state index contributed by atoms with van der Waals surface area (Å²) in [6.07, 6.45) is 2.12. The van der Waals surface area contributed by atoms with Crippen molar-refractivity contribution in [2.45, 2.75) is 89.8 Å². The molecule has 2 aromatic carbocycles. The molecule has 0 radical (unpaired) electrons. The van der Waals surface area contributed by atoms with Crippen LogP contribution < -0.4 is 0 Å². The molecule has 0 unspecified atom stereocenters. The highest BCUT2D eigenvalue weighted by molar-refractivity contribution is 7.89. The smallest absolute Gasteiger partial charge is 0.417 e. The van der Waals surface area contributed by atoms with Crippen LogP contribution >= 0.6 is 0 Å². The summed E-state index contributed by atoms with van der Waals surface area (Å²) >= 11 is 0. The first-order chi connectivity index (χ1) is 21.0. The topological polar surface area (TPSA) is 134 Å². The number of unbranched alkanes of at least 4 members (excludes halogenated alkanes) is 1. The highest BCUT2D eigenvalue weighted by Gasteiger charge is 2.31. The molecule has 0 aliphatic heterocycles. The number of carboxylic acids is 1.